The van der Waals surface area contributed by atoms with Crippen LogP contribution < -0.4 is 11.0 Å². The molecule has 0 bridgehead atoms. The van der Waals surface area contributed by atoms with Gasteiger partial charge in [0.05, 0.1) is 13.4 Å². The Morgan fingerprint density at radius 2 is 2.06 bits per heavy atom. The number of ether oxygens (including phenoxy) is 1. The number of H-pyrrole nitrogens is 1. The van der Waals surface area contributed by atoms with Gasteiger partial charge in [0.15, 0.2) is 16.6 Å². The summed E-state index contributed by atoms with van der Waals surface area (Å²) >= 11 is 1.04. The summed E-state index contributed by atoms with van der Waals surface area (Å²) < 4.78 is 10.9. The third-order valence-electron chi connectivity index (χ3n) is 4.69. The molecule has 0 aliphatic carbocycles. The number of carbonyl (C=O) groups is 2. The van der Waals surface area contributed by atoms with Crippen LogP contribution in [0.1, 0.15) is 22.1 Å². The first-order valence-electron chi connectivity index (χ1n) is 9.44. The van der Waals surface area contributed by atoms with Gasteiger partial charge < -0.3 is 19.6 Å². The summed E-state index contributed by atoms with van der Waals surface area (Å²) in [5.74, 6) is -1.41. The number of benzene rings is 1. The monoisotopic (exact) mass is 454 g/mol. The Labute approximate surface area is 185 Å². The second-order valence-corrected chi connectivity index (χ2v) is 7.56. The zero-order chi connectivity index (χ0) is 22.7. The number of hydrogen-bond acceptors (Lipinski definition) is 8. The average Bonchev–Trinajstić information content (AvgIpc) is 3.54. The highest BCUT2D eigenvalue weighted by molar-refractivity contribution is 7.14. The van der Waals surface area contributed by atoms with E-state index < -0.39 is 29.5 Å². The minimum atomic E-state index is -1.12. The first kappa shape index (κ1) is 21.1. The summed E-state index contributed by atoms with van der Waals surface area (Å²) in [5, 5.41) is 15.0. The lowest BCUT2D eigenvalue weighted by molar-refractivity contribution is -0.119. The number of aromatic hydroxyl groups is 1. The second kappa shape index (κ2) is 8.94. The van der Waals surface area contributed by atoms with E-state index in [2.05, 4.69) is 20.0 Å². The van der Waals surface area contributed by atoms with E-state index in [1.165, 1.54) is 18.8 Å². The zero-order valence-electron chi connectivity index (χ0n) is 16.8. The molecule has 4 rings (SSSR count). The molecule has 1 atom stereocenters. The van der Waals surface area contributed by atoms with Gasteiger partial charge in [0.25, 0.3) is 0 Å². The molecule has 0 spiro atoms. The van der Waals surface area contributed by atoms with Gasteiger partial charge in [-0.05, 0) is 17.7 Å². The van der Waals surface area contributed by atoms with Gasteiger partial charge >= 0.3 is 11.7 Å². The molecule has 1 aromatic carbocycles. The highest BCUT2D eigenvalue weighted by Gasteiger charge is 2.29. The van der Waals surface area contributed by atoms with Crippen molar-refractivity contribution >= 4 is 28.3 Å². The molecule has 0 unspecified atom stereocenters. The highest BCUT2D eigenvalue weighted by Crippen LogP contribution is 2.30. The summed E-state index contributed by atoms with van der Waals surface area (Å²) in [6, 6.07) is 11.1. The maximum absolute atomic E-state index is 13.2. The third kappa shape index (κ3) is 4.18. The number of hydrogen-bond donors (Lipinski definition) is 3. The molecule has 10 nitrogen and oxygen atoms in total. The SMILES string of the molecule is COC(=O)c1csc(NC(=O)[C@H](Cc2ccccc2)n2c(O)c(-c3ccco3)[nH]c2=O)n1. The number of furan rings is 1. The van der Waals surface area contributed by atoms with Crippen molar-refractivity contribution in [3.05, 3.63) is 75.8 Å². The van der Waals surface area contributed by atoms with Crippen molar-refractivity contribution in [3.63, 3.8) is 0 Å². The number of thiazole rings is 1. The van der Waals surface area contributed by atoms with E-state index in [0.717, 1.165) is 21.5 Å². The number of rotatable bonds is 7. The molecule has 3 aromatic heterocycles. The Balaban J connectivity index is 1.70. The fourth-order valence-corrected chi connectivity index (χ4v) is 3.86. The summed E-state index contributed by atoms with van der Waals surface area (Å²) in [7, 11) is 1.23. The van der Waals surface area contributed by atoms with Crippen molar-refractivity contribution in [1.29, 1.82) is 0 Å². The van der Waals surface area contributed by atoms with E-state index in [0.29, 0.717) is 0 Å². The van der Waals surface area contributed by atoms with Crippen molar-refractivity contribution in [2.24, 2.45) is 0 Å². The highest BCUT2D eigenvalue weighted by atomic mass is 32.1. The normalized spacial score (nSPS) is 11.8. The molecule has 1 amide bonds. The molecule has 32 heavy (non-hydrogen) atoms. The lowest BCUT2D eigenvalue weighted by Gasteiger charge is -2.17. The molecule has 0 aliphatic rings. The lowest BCUT2D eigenvalue weighted by atomic mass is 10.1. The van der Waals surface area contributed by atoms with Crippen LogP contribution in [0.4, 0.5) is 5.13 Å². The zero-order valence-corrected chi connectivity index (χ0v) is 17.6. The average molecular weight is 454 g/mol. The molecule has 164 valence electrons. The fraction of sp³-hybridized carbons (Fsp3) is 0.143. The third-order valence-corrected chi connectivity index (χ3v) is 5.44. The Morgan fingerprint density at radius 3 is 2.75 bits per heavy atom. The van der Waals surface area contributed by atoms with E-state index in [4.69, 9.17) is 4.42 Å². The van der Waals surface area contributed by atoms with Gasteiger partial charge in [-0.25, -0.2) is 19.1 Å². The number of nitrogens with one attached hydrogen (secondary N) is 2. The van der Waals surface area contributed by atoms with E-state index in [-0.39, 0.29) is 28.7 Å². The number of methoxy groups -OCH3 is 1. The van der Waals surface area contributed by atoms with Crippen molar-refractivity contribution < 1.29 is 23.8 Å². The summed E-state index contributed by atoms with van der Waals surface area (Å²) in [5.41, 5.74) is 0.204. The van der Waals surface area contributed by atoms with Crippen LogP contribution in [-0.4, -0.2) is 38.6 Å². The van der Waals surface area contributed by atoms with E-state index in [9.17, 15) is 19.5 Å². The first-order valence-corrected chi connectivity index (χ1v) is 10.3. The van der Waals surface area contributed by atoms with Crippen LogP contribution >= 0.6 is 11.3 Å². The number of nitrogens with zero attached hydrogens (tertiary/aromatic N) is 2. The molecule has 0 saturated heterocycles. The van der Waals surface area contributed by atoms with Gasteiger partial charge in [0.2, 0.25) is 11.8 Å². The Morgan fingerprint density at radius 1 is 1.28 bits per heavy atom. The van der Waals surface area contributed by atoms with E-state index >= 15 is 0 Å². The number of aromatic nitrogens is 3. The number of anilines is 1. The minimum Gasteiger partial charge on any atom is -0.493 e. The van der Waals surface area contributed by atoms with Crippen LogP contribution in [-0.2, 0) is 16.0 Å². The molecule has 0 fully saturated rings. The summed E-state index contributed by atoms with van der Waals surface area (Å²) in [6.07, 6.45) is 1.52. The van der Waals surface area contributed by atoms with Gasteiger partial charge in [-0.1, -0.05) is 30.3 Å². The van der Waals surface area contributed by atoms with Crippen LogP contribution in [0.3, 0.4) is 0 Å². The number of imidazole rings is 1. The predicted molar refractivity (Wildman–Crippen MR) is 116 cm³/mol. The number of carbonyl (C=O) groups excluding carboxylic acids is 2. The summed E-state index contributed by atoms with van der Waals surface area (Å²) in [4.78, 5) is 44.1. The maximum atomic E-state index is 13.2. The molecule has 0 radical (unpaired) electrons. The Bertz CT molecular complexity index is 1290. The Kier molecular flexibility index (Phi) is 5.90. The topological polar surface area (TPSA) is 139 Å². The van der Waals surface area contributed by atoms with Gasteiger partial charge in [0.1, 0.15) is 11.7 Å². The molecule has 11 heteroatoms. The van der Waals surface area contributed by atoms with Crippen LogP contribution in [0.2, 0.25) is 0 Å². The predicted octanol–water partition coefficient (Wildman–Crippen LogP) is 2.81. The second-order valence-electron chi connectivity index (χ2n) is 6.70. The van der Waals surface area contributed by atoms with Gasteiger partial charge in [-0.3, -0.25) is 9.78 Å². The first-order chi connectivity index (χ1) is 15.5. The molecular formula is C21H18N4O6S. The fourth-order valence-electron chi connectivity index (χ4n) is 3.18. The van der Waals surface area contributed by atoms with Gasteiger partial charge in [-0.15, -0.1) is 11.3 Å². The van der Waals surface area contributed by atoms with Gasteiger partial charge in [0, 0.05) is 11.8 Å². The van der Waals surface area contributed by atoms with Crippen molar-refractivity contribution in [2.75, 3.05) is 12.4 Å². The van der Waals surface area contributed by atoms with Crippen LogP contribution in [0.5, 0.6) is 5.88 Å². The molecular weight excluding hydrogens is 436 g/mol. The molecule has 4 aromatic rings. The van der Waals surface area contributed by atoms with E-state index in [1.807, 2.05) is 18.2 Å². The molecule has 0 aliphatic heterocycles. The molecule has 0 saturated carbocycles. The maximum Gasteiger partial charge on any atom is 0.357 e. The van der Waals surface area contributed by atoms with Crippen molar-refractivity contribution in [1.82, 2.24) is 14.5 Å². The standard InChI is InChI=1S/C21H18N4O6S/c1-30-19(28)13-11-32-20(22-13)24-17(26)14(10-12-6-3-2-4-7-12)25-18(27)16(23-21(25)29)15-8-5-9-31-15/h2-9,11,14,27H,10H2,1H3,(H,23,29)(H,22,24,26)/t14-/m0/s1. The minimum absolute atomic E-state index is 0.0502. The molecule has 3 heterocycles. The smallest absolute Gasteiger partial charge is 0.357 e. The molecule has 3 N–H and O–H groups in total. The van der Waals surface area contributed by atoms with Crippen LogP contribution in [0.25, 0.3) is 11.5 Å². The number of amides is 1. The largest absolute Gasteiger partial charge is 0.493 e. The van der Waals surface area contributed by atoms with E-state index in [1.54, 1.807) is 24.3 Å². The Hall–Kier alpha value is -4.12. The van der Waals surface area contributed by atoms with Crippen molar-refractivity contribution in [3.8, 4) is 17.3 Å². The number of esters is 1. The van der Waals surface area contributed by atoms with Crippen LogP contribution in [0, 0.1) is 0 Å². The quantitative estimate of drug-likeness (QED) is 0.365. The number of aromatic amines is 1. The van der Waals surface area contributed by atoms with Gasteiger partial charge in [-0.2, -0.15) is 0 Å². The van der Waals surface area contributed by atoms with Crippen LogP contribution in [0.15, 0.2) is 63.3 Å². The van der Waals surface area contributed by atoms with Crippen molar-refractivity contribution in [2.45, 2.75) is 12.5 Å². The lowest BCUT2D eigenvalue weighted by Crippen LogP contribution is -2.33. The summed E-state index contributed by atoms with van der Waals surface area (Å²) in [6.45, 7) is 0.